The summed E-state index contributed by atoms with van der Waals surface area (Å²) in [6.07, 6.45) is 0. The predicted molar refractivity (Wildman–Crippen MR) is 58.3 cm³/mol. The molecule has 2 heteroatoms. The SMILES string of the molecule is Cc1ccc(C)c(C(C)I)c1F. The lowest BCUT2D eigenvalue weighted by Crippen LogP contribution is -1.96. The largest absolute Gasteiger partial charge is 0.206 e. The van der Waals surface area contributed by atoms with Crippen molar-refractivity contribution >= 4 is 22.6 Å². The second-order valence-corrected chi connectivity index (χ2v) is 4.91. The molecule has 0 aliphatic rings. The minimum atomic E-state index is -0.0445. The third kappa shape index (κ3) is 1.79. The van der Waals surface area contributed by atoms with Gasteiger partial charge in [0, 0.05) is 9.49 Å². The maximum Gasteiger partial charge on any atom is 0.130 e. The van der Waals surface area contributed by atoms with Gasteiger partial charge in [0.2, 0.25) is 0 Å². The second-order valence-electron chi connectivity index (χ2n) is 3.04. The molecule has 0 fully saturated rings. The molecule has 1 aromatic rings. The zero-order valence-electron chi connectivity index (χ0n) is 7.49. The highest BCUT2D eigenvalue weighted by Crippen LogP contribution is 2.29. The first kappa shape index (κ1) is 9.96. The first-order chi connectivity index (χ1) is 5.54. The fourth-order valence-corrected chi connectivity index (χ4v) is 2.05. The van der Waals surface area contributed by atoms with Crippen LogP contribution in [0.25, 0.3) is 0 Å². The van der Waals surface area contributed by atoms with E-state index < -0.39 is 0 Å². The van der Waals surface area contributed by atoms with E-state index >= 15 is 0 Å². The van der Waals surface area contributed by atoms with Crippen LogP contribution in [0.3, 0.4) is 0 Å². The van der Waals surface area contributed by atoms with E-state index in [0.29, 0.717) is 0 Å². The highest BCUT2D eigenvalue weighted by molar-refractivity contribution is 14.1. The third-order valence-electron chi connectivity index (χ3n) is 1.99. The number of hydrogen-bond donors (Lipinski definition) is 0. The quantitative estimate of drug-likeness (QED) is 0.539. The van der Waals surface area contributed by atoms with Crippen LogP contribution >= 0.6 is 22.6 Å². The fraction of sp³-hybridized carbons (Fsp3) is 0.400. The van der Waals surface area contributed by atoms with E-state index in [0.717, 1.165) is 16.7 Å². The van der Waals surface area contributed by atoms with Crippen LogP contribution in [0.5, 0.6) is 0 Å². The Morgan fingerprint density at radius 2 is 1.75 bits per heavy atom. The summed E-state index contributed by atoms with van der Waals surface area (Å²) in [6.45, 7) is 5.76. The van der Waals surface area contributed by atoms with Gasteiger partial charge in [-0.2, -0.15) is 0 Å². The van der Waals surface area contributed by atoms with Crippen LogP contribution in [0.1, 0.15) is 27.5 Å². The Labute approximate surface area is 86.3 Å². The zero-order valence-corrected chi connectivity index (χ0v) is 9.65. The Morgan fingerprint density at radius 3 is 2.17 bits per heavy atom. The van der Waals surface area contributed by atoms with Crippen LogP contribution in [-0.4, -0.2) is 0 Å². The van der Waals surface area contributed by atoms with Crippen molar-refractivity contribution in [3.8, 4) is 0 Å². The molecule has 1 rings (SSSR count). The van der Waals surface area contributed by atoms with Crippen molar-refractivity contribution < 1.29 is 4.39 Å². The lowest BCUT2D eigenvalue weighted by Gasteiger charge is -2.11. The molecule has 0 saturated heterocycles. The lowest BCUT2D eigenvalue weighted by atomic mass is 10.0. The third-order valence-corrected chi connectivity index (χ3v) is 2.61. The van der Waals surface area contributed by atoms with Gasteiger partial charge < -0.3 is 0 Å². The molecule has 1 aromatic carbocycles. The molecule has 0 saturated carbocycles. The molecule has 0 spiro atoms. The first-order valence-electron chi connectivity index (χ1n) is 3.93. The molecule has 0 aromatic heterocycles. The first-order valence-corrected chi connectivity index (χ1v) is 5.18. The van der Waals surface area contributed by atoms with Crippen LogP contribution in [0.4, 0.5) is 4.39 Å². The van der Waals surface area contributed by atoms with Gasteiger partial charge in [-0.1, -0.05) is 34.7 Å². The van der Waals surface area contributed by atoms with E-state index in [9.17, 15) is 4.39 Å². The number of halogens is 2. The number of hydrogen-bond acceptors (Lipinski definition) is 0. The van der Waals surface area contributed by atoms with Gasteiger partial charge in [0.05, 0.1) is 0 Å². The minimum Gasteiger partial charge on any atom is -0.206 e. The van der Waals surface area contributed by atoms with Crippen molar-refractivity contribution in [3.63, 3.8) is 0 Å². The lowest BCUT2D eigenvalue weighted by molar-refractivity contribution is 0.601. The Morgan fingerprint density at radius 1 is 1.25 bits per heavy atom. The van der Waals surface area contributed by atoms with Crippen LogP contribution < -0.4 is 0 Å². The molecular formula is C10H12FI. The molecule has 0 amide bonds. The summed E-state index contributed by atoms with van der Waals surface area (Å²) in [5.41, 5.74) is 2.62. The molecule has 0 bridgehead atoms. The average molecular weight is 278 g/mol. The molecule has 1 atom stereocenters. The van der Waals surface area contributed by atoms with Gasteiger partial charge in [0.1, 0.15) is 5.82 Å². The Balaban J connectivity index is 3.33. The number of rotatable bonds is 1. The molecule has 0 aliphatic heterocycles. The van der Waals surface area contributed by atoms with Crippen LogP contribution in [-0.2, 0) is 0 Å². The zero-order chi connectivity index (χ0) is 9.30. The van der Waals surface area contributed by atoms with Crippen molar-refractivity contribution in [2.24, 2.45) is 0 Å². The maximum atomic E-state index is 13.5. The predicted octanol–water partition coefficient (Wildman–Crippen LogP) is 3.94. The van der Waals surface area contributed by atoms with E-state index in [-0.39, 0.29) is 9.74 Å². The van der Waals surface area contributed by atoms with Gasteiger partial charge in [0.25, 0.3) is 0 Å². The summed E-state index contributed by atoms with van der Waals surface area (Å²) in [6, 6.07) is 3.80. The van der Waals surface area contributed by atoms with E-state index in [1.165, 1.54) is 0 Å². The highest BCUT2D eigenvalue weighted by atomic mass is 127. The van der Waals surface area contributed by atoms with Crippen LogP contribution in [0.2, 0.25) is 0 Å². The smallest absolute Gasteiger partial charge is 0.130 e. The Bertz CT molecular complexity index is 292. The molecular weight excluding hydrogens is 266 g/mol. The molecule has 0 aliphatic carbocycles. The van der Waals surface area contributed by atoms with Crippen LogP contribution in [0, 0.1) is 19.7 Å². The summed E-state index contributed by atoms with van der Waals surface area (Å²) in [5, 5.41) is 0. The molecule has 0 radical (unpaired) electrons. The number of alkyl halides is 1. The van der Waals surface area contributed by atoms with E-state index in [1.54, 1.807) is 6.92 Å². The highest BCUT2D eigenvalue weighted by Gasteiger charge is 2.12. The fourth-order valence-electron chi connectivity index (χ4n) is 1.29. The average Bonchev–Trinajstić information content (AvgIpc) is 1.97. The van der Waals surface area contributed by atoms with Crippen molar-refractivity contribution in [1.82, 2.24) is 0 Å². The van der Waals surface area contributed by atoms with Gasteiger partial charge in [-0.15, -0.1) is 0 Å². The molecule has 66 valence electrons. The molecule has 0 N–H and O–H groups in total. The van der Waals surface area contributed by atoms with Gasteiger partial charge in [-0.25, -0.2) is 4.39 Å². The summed E-state index contributed by atoms with van der Waals surface area (Å²) >= 11 is 2.24. The van der Waals surface area contributed by atoms with Gasteiger partial charge in [0.15, 0.2) is 0 Å². The normalized spacial score (nSPS) is 13.1. The van der Waals surface area contributed by atoms with E-state index in [2.05, 4.69) is 22.6 Å². The van der Waals surface area contributed by atoms with Gasteiger partial charge in [-0.05, 0) is 31.9 Å². The number of aryl methyl sites for hydroxylation is 2. The summed E-state index contributed by atoms with van der Waals surface area (Å²) in [4.78, 5) is 0. The molecule has 12 heavy (non-hydrogen) atoms. The summed E-state index contributed by atoms with van der Waals surface area (Å²) < 4.78 is 13.7. The summed E-state index contributed by atoms with van der Waals surface area (Å²) in [7, 11) is 0. The van der Waals surface area contributed by atoms with Gasteiger partial charge >= 0.3 is 0 Å². The summed E-state index contributed by atoms with van der Waals surface area (Å²) in [5.74, 6) is -0.0445. The molecule has 1 unspecified atom stereocenters. The monoisotopic (exact) mass is 278 g/mol. The van der Waals surface area contributed by atoms with Crippen molar-refractivity contribution in [3.05, 3.63) is 34.6 Å². The second kappa shape index (κ2) is 3.73. The molecule has 0 heterocycles. The maximum absolute atomic E-state index is 13.5. The minimum absolute atomic E-state index is 0.0445. The molecule has 0 nitrogen and oxygen atoms in total. The van der Waals surface area contributed by atoms with Crippen molar-refractivity contribution in [2.45, 2.75) is 24.7 Å². The van der Waals surface area contributed by atoms with E-state index in [4.69, 9.17) is 0 Å². The van der Waals surface area contributed by atoms with Crippen molar-refractivity contribution in [2.75, 3.05) is 0 Å². The van der Waals surface area contributed by atoms with Crippen molar-refractivity contribution in [1.29, 1.82) is 0 Å². The Kier molecular flexibility index (Phi) is 3.09. The number of benzene rings is 1. The van der Waals surface area contributed by atoms with Crippen LogP contribution in [0.15, 0.2) is 12.1 Å². The Hall–Kier alpha value is -0.120. The standard InChI is InChI=1S/C10H12FI/c1-6-4-5-7(2)10(11)9(6)8(3)12/h4-5,8H,1-3H3. The topological polar surface area (TPSA) is 0 Å². The van der Waals surface area contributed by atoms with Gasteiger partial charge in [-0.3, -0.25) is 0 Å². The van der Waals surface area contributed by atoms with E-state index in [1.807, 2.05) is 26.0 Å².